The van der Waals surface area contributed by atoms with Crippen molar-refractivity contribution >= 4 is 7.82 Å². The first-order chi connectivity index (χ1) is 11.9. The molecule has 2 atom stereocenters. The predicted octanol–water partition coefficient (Wildman–Crippen LogP) is 5.54. The Morgan fingerprint density at radius 3 is 1.64 bits per heavy atom. The summed E-state index contributed by atoms with van der Waals surface area (Å²) in [5.41, 5.74) is 5.90. The molecule has 0 aromatic rings. The molecule has 6 heteroatoms. The van der Waals surface area contributed by atoms with Crippen LogP contribution in [0, 0.1) is 5.92 Å². The molecule has 0 bridgehead atoms. The van der Waals surface area contributed by atoms with Crippen LogP contribution in [-0.2, 0) is 9.09 Å². The maximum Gasteiger partial charge on any atom is 0.469 e. The molecule has 0 rings (SSSR count). The first kappa shape index (κ1) is 25.1. The SMILES string of the molecule is CCCCCCCCCCCCCCC[C@@H](C)[C@@H](N)COP(=O)(O)O. The van der Waals surface area contributed by atoms with Crippen LogP contribution in [0.1, 0.15) is 104 Å². The number of phosphoric acid groups is 1. The molecule has 0 spiro atoms. The molecular formula is C19H42NO4P. The van der Waals surface area contributed by atoms with Gasteiger partial charge >= 0.3 is 7.82 Å². The van der Waals surface area contributed by atoms with E-state index in [0.717, 1.165) is 12.8 Å². The molecule has 0 fully saturated rings. The van der Waals surface area contributed by atoms with Crippen LogP contribution < -0.4 is 5.73 Å². The van der Waals surface area contributed by atoms with Crippen molar-refractivity contribution in [3.63, 3.8) is 0 Å². The molecule has 0 amide bonds. The maximum absolute atomic E-state index is 10.7. The minimum absolute atomic E-state index is 0.0795. The van der Waals surface area contributed by atoms with Crippen molar-refractivity contribution in [2.45, 2.75) is 110 Å². The first-order valence-corrected chi connectivity index (χ1v) is 11.9. The third-order valence-electron chi connectivity index (χ3n) is 4.93. The second-order valence-corrected chi connectivity index (χ2v) is 8.70. The van der Waals surface area contributed by atoms with Gasteiger partial charge in [-0.25, -0.2) is 4.57 Å². The van der Waals surface area contributed by atoms with Crippen molar-refractivity contribution in [1.29, 1.82) is 0 Å². The maximum atomic E-state index is 10.7. The van der Waals surface area contributed by atoms with Gasteiger partial charge in [0.05, 0.1) is 6.61 Å². The number of phosphoric ester groups is 1. The van der Waals surface area contributed by atoms with Gasteiger partial charge in [-0.1, -0.05) is 97.3 Å². The molecule has 0 aliphatic rings. The Kier molecular flexibility index (Phi) is 16.3. The quantitative estimate of drug-likeness (QED) is 0.215. The standard InChI is InChI=1S/C19H42NO4P/c1-3-4-5-6-7-8-9-10-11-12-13-14-15-16-18(2)19(20)17-24-25(21,22)23/h18-19H,3-17,20H2,1-2H3,(H2,21,22,23)/t18-,19+/m1/s1. The molecule has 0 saturated heterocycles. The number of nitrogens with two attached hydrogens (primary N) is 1. The van der Waals surface area contributed by atoms with Crippen LogP contribution in [0.15, 0.2) is 0 Å². The molecule has 0 unspecified atom stereocenters. The van der Waals surface area contributed by atoms with E-state index in [9.17, 15) is 4.57 Å². The third kappa shape index (κ3) is 18.7. The lowest BCUT2D eigenvalue weighted by Gasteiger charge is -2.19. The highest BCUT2D eigenvalue weighted by Crippen LogP contribution is 2.36. The van der Waals surface area contributed by atoms with Gasteiger partial charge in [-0.05, 0) is 12.3 Å². The van der Waals surface area contributed by atoms with Gasteiger partial charge in [0.1, 0.15) is 0 Å². The smallest absolute Gasteiger partial charge is 0.325 e. The van der Waals surface area contributed by atoms with Gasteiger partial charge in [-0.2, -0.15) is 0 Å². The molecular weight excluding hydrogens is 337 g/mol. The van der Waals surface area contributed by atoms with E-state index >= 15 is 0 Å². The van der Waals surface area contributed by atoms with Gasteiger partial charge in [-0.15, -0.1) is 0 Å². The van der Waals surface area contributed by atoms with Crippen LogP contribution in [0.3, 0.4) is 0 Å². The summed E-state index contributed by atoms with van der Waals surface area (Å²) in [5.74, 6) is 0.222. The molecule has 0 heterocycles. The molecule has 0 aliphatic carbocycles. The molecule has 25 heavy (non-hydrogen) atoms. The van der Waals surface area contributed by atoms with E-state index < -0.39 is 7.82 Å². The van der Waals surface area contributed by atoms with E-state index in [-0.39, 0.29) is 18.6 Å². The molecule has 0 aromatic heterocycles. The average Bonchev–Trinajstić information content (AvgIpc) is 2.56. The number of rotatable bonds is 18. The van der Waals surface area contributed by atoms with Crippen molar-refractivity contribution in [2.75, 3.05) is 6.61 Å². The Labute approximate surface area is 155 Å². The highest BCUT2D eigenvalue weighted by Gasteiger charge is 2.19. The normalized spacial score (nSPS) is 14.6. The van der Waals surface area contributed by atoms with E-state index in [2.05, 4.69) is 11.4 Å². The second-order valence-electron chi connectivity index (χ2n) is 7.46. The van der Waals surface area contributed by atoms with Crippen molar-refractivity contribution in [2.24, 2.45) is 11.7 Å². The van der Waals surface area contributed by atoms with Gasteiger partial charge in [0.15, 0.2) is 0 Å². The van der Waals surface area contributed by atoms with Crippen LogP contribution >= 0.6 is 7.82 Å². The fourth-order valence-corrected chi connectivity index (χ4v) is 3.41. The summed E-state index contributed by atoms with van der Waals surface area (Å²) in [7, 11) is -4.40. The largest absolute Gasteiger partial charge is 0.469 e. The summed E-state index contributed by atoms with van der Waals surface area (Å²) in [6.07, 6.45) is 18.4. The molecule has 0 radical (unpaired) electrons. The molecule has 4 N–H and O–H groups in total. The van der Waals surface area contributed by atoms with Gasteiger partial charge < -0.3 is 15.5 Å². The zero-order valence-electron chi connectivity index (χ0n) is 16.5. The summed E-state index contributed by atoms with van der Waals surface area (Å²) < 4.78 is 15.1. The fraction of sp³-hybridized carbons (Fsp3) is 1.00. The summed E-state index contributed by atoms with van der Waals surface area (Å²) in [5, 5.41) is 0. The Balaban J connectivity index is 3.33. The van der Waals surface area contributed by atoms with Crippen molar-refractivity contribution < 1.29 is 18.9 Å². The third-order valence-corrected chi connectivity index (χ3v) is 5.41. The first-order valence-electron chi connectivity index (χ1n) is 10.3. The Morgan fingerprint density at radius 2 is 1.24 bits per heavy atom. The predicted molar refractivity (Wildman–Crippen MR) is 105 cm³/mol. The lowest BCUT2D eigenvalue weighted by Crippen LogP contribution is -2.32. The summed E-state index contributed by atoms with van der Waals surface area (Å²) in [4.78, 5) is 17.4. The lowest BCUT2D eigenvalue weighted by atomic mass is 9.96. The zero-order chi connectivity index (χ0) is 19.0. The van der Waals surface area contributed by atoms with E-state index in [1.807, 2.05) is 6.92 Å². The van der Waals surface area contributed by atoms with E-state index in [4.69, 9.17) is 15.5 Å². The summed E-state index contributed by atoms with van der Waals surface area (Å²) in [6, 6.07) is -0.315. The lowest BCUT2D eigenvalue weighted by molar-refractivity contribution is 0.170. The monoisotopic (exact) mass is 379 g/mol. The van der Waals surface area contributed by atoms with Gasteiger partial charge in [0, 0.05) is 6.04 Å². The van der Waals surface area contributed by atoms with E-state index in [0.29, 0.717) is 0 Å². The number of hydrogen-bond donors (Lipinski definition) is 3. The fourth-order valence-electron chi connectivity index (χ4n) is 3.05. The highest BCUT2D eigenvalue weighted by atomic mass is 31.2. The van der Waals surface area contributed by atoms with E-state index in [1.54, 1.807) is 0 Å². The van der Waals surface area contributed by atoms with Crippen LogP contribution in [-0.4, -0.2) is 22.4 Å². The minimum atomic E-state index is -4.40. The number of unbranched alkanes of at least 4 members (excludes halogenated alkanes) is 12. The van der Waals surface area contributed by atoms with Gasteiger partial charge in [0.25, 0.3) is 0 Å². The summed E-state index contributed by atoms with van der Waals surface area (Å²) >= 11 is 0. The molecule has 0 aromatic carbocycles. The molecule has 152 valence electrons. The van der Waals surface area contributed by atoms with E-state index in [1.165, 1.54) is 77.0 Å². The van der Waals surface area contributed by atoms with Gasteiger partial charge in [-0.3, -0.25) is 4.52 Å². The average molecular weight is 380 g/mol. The van der Waals surface area contributed by atoms with Crippen molar-refractivity contribution in [1.82, 2.24) is 0 Å². The molecule has 0 aliphatic heterocycles. The number of hydrogen-bond acceptors (Lipinski definition) is 3. The zero-order valence-corrected chi connectivity index (χ0v) is 17.4. The van der Waals surface area contributed by atoms with Crippen LogP contribution in [0.4, 0.5) is 0 Å². The van der Waals surface area contributed by atoms with Crippen LogP contribution in [0.25, 0.3) is 0 Å². The van der Waals surface area contributed by atoms with Crippen molar-refractivity contribution in [3.05, 3.63) is 0 Å². The topological polar surface area (TPSA) is 92.8 Å². The van der Waals surface area contributed by atoms with Crippen LogP contribution in [0.5, 0.6) is 0 Å². The summed E-state index contributed by atoms with van der Waals surface area (Å²) in [6.45, 7) is 4.20. The highest BCUT2D eigenvalue weighted by molar-refractivity contribution is 7.46. The van der Waals surface area contributed by atoms with Crippen LogP contribution in [0.2, 0.25) is 0 Å². The minimum Gasteiger partial charge on any atom is -0.325 e. The second kappa shape index (κ2) is 16.3. The Bertz CT molecular complexity index is 335. The van der Waals surface area contributed by atoms with Gasteiger partial charge in [0.2, 0.25) is 0 Å². The Hall–Kier alpha value is 0.0700. The van der Waals surface area contributed by atoms with Crippen molar-refractivity contribution in [3.8, 4) is 0 Å². The molecule has 0 saturated carbocycles. The Morgan fingerprint density at radius 1 is 0.840 bits per heavy atom. The molecule has 5 nitrogen and oxygen atoms in total.